The van der Waals surface area contributed by atoms with Gasteiger partial charge in [-0.25, -0.2) is 0 Å². The van der Waals surface area contributed by atoms with Crippen LogP contribution in [0.25, 0.3) is 0 Å². The van der Waals surface area contributed by atoms with E-state index in [1.165, 1.54) is 0 Å². The summed E-state index contributed by atoms with van der Waals surface area (Å²) < 4.78 is 0. The number of rotatable bonds is 4. The first-order valence-electron chi connectivity index (χ1n) is 4.24. The zero-order valence-corrected chi connectivity index (χ0v) is 7.87. The second kappa shape index (κ2) is 5.54. The van der Waals surface area contributed by atoms with Gasteiger partial charge in [-0.05, 0) is 0 Å². The second-order valence-corrected chi connectivity index (χ2v) is 2.80. The van der Waals surface area contributed by atoms with Gasteiger partial charge < -0.3 is 10.4 Å². The normalized spacial score (nSPS) is 11.9. The van der Waals surface area contributed by atoms with Gasteiger partial charge in [-0.1, -0.05) is 40.6 Å². The monoisotopic (exact) mass is 206 g/mol. The highest BCUT2D eigenvalue weighted by atomic mass is 16.4. The molecule has 1 aromatic rings. The van der Waals surface area contributed by atoms with E-state index in [1.807, 2.05) is 0 Å². The van der Waals surface area contributed by atoms with E-state index < -0.39 is 0 Å². The Kier molecular flexibility index (Phi) is 4.03. The van der Waals surface area contributed by atoms with Crippen LogP contribution in [-0.2, 0) is 0 Å². The molecule has 5 nitrogen and oxygen atoms in total. The Balaban J connectivity index is 2.72. The number of nitrogens with zero attached hydrogens (tertiary/aromatic N) is 2. The molecule has 15 heavy (non-hydrogen) atoms. The number of carbonyl (C=O) groups is 1. The minimum absolute atomic E-state index is 0.00588. The molecule has 0 aliphatic rings. The third kappa shape index (κ3) is 3.22. The summed E-state index contributed by atoms with van der Waals surface area (Å²) in [4.78, 5) is 11.6. The Morgan fingerprint density at radius 2 is 1.93 bits per heavy atom. The predicted octanol–water partition coefficient (Wildman–Crippen LogP) is 1.55. The summed E-state index contributed by atoms with van der Waals surface area (Å²) in [6, 6.07) is 8.60. The van der Waals surface area contributed by atoms with Crippen LogP contribution < -0.4 is 0 Å². The Morgan fingerprint density at radius 1 is 1.27 bits per heavy atom. The van der Waals surface area contributed by atoms with Gasteiger partial charge in [-0.15, -0.1) is 0 Å². The van der Waals surface area contributed by atoms with Gasteiger partial charge in [-0.3, -0.25) is 4.79 Å². The van der Waals surface area contributed by atoms with Crippen LogP contribution in [0.15, 0.2) is 40.6 Å². The van der Waals surface area contributed by atoms with Gasteiger partial charge in [0, 0.05) is 5.56 Å². The smallest absolute Gasteiger partial charge is 0.169 e. The first-order valence-corrected chi connectivity index (χ1v) is 4.24. The number of benzene rings is 1. The maximum atomic E-state index is 11.6. The van der Waals surface area contributed by atoms with Crippen LogP contribution in [0.4, 0.5) is 0 Å². The van der Waals surface area contributed by atoms with Crippen molar-refractivity contribution >= 4 is 17.7 Å². The van der Waals surface area contributed by atoms with Gasteiger partial charge in [0.15, 0.2) is 5.78 Å². The van der Waals surface area contributed by atoms with Crippen molar-refractivity contribution in [1.29, 1.82) is 0 Å². The van der Waals surface area contributed by atoms with E-state index in [0.29, 0.717) is 5.56 Å². The van der Waals surface area contributed by atoms with Gasteiger partial charge in [0.05, 0.1) is 12.6 Å². The Bertz CT molecular complexity index is 385. The highest BCUT2D eigenvalue weighted by Crippen LogP contribution is 2.03. The van der Waals surface area contributed by atoms with E-state index in [4.69, 9.17) is 10.4 Å². The summed E-state index contributed by atoms with van der Waals surface area (Å²) in [5.74, 6) is -0.205. The number of carbonyl (C=O) groups excluding carboxylic acids is 1. The van der Waals surface area contributed by atoms with Crippen molar-refractivity contribution in [2.24, 2.45) is 10.3 Å². The molecular weight excluding hydrogens is 196 g/mol. The molecule has 2 N–H and O–H groups in total. The molecular formula is C10H10N2O3. The van der Waals surface area contributed by atoms with Crippen molar-refractivity contribution in [3.05, 3.63) is 35.9 Å². The van der Waals surface area contributed by atoms with Gasteiger partial charge in [0.2, 0.25) is 0 Å². The van der Waals surface area contributed by atoms with Crippen molar-refractivity contribution in [2.75, 3.05) is 0 Å². The van der Waals surface area contributed by atoms with E-state index in [2.05, 4.69) is 10.3 Å². The molecule has 0 radical (unpaired) electrons. The maximum absolute atomic E-state index is 11.6. The van der Waals surface area contributed by atoms with Crippen molar-refractivity contribution in [2.45, 2.75) is 6.42 Å². The van der Waals surface area contributed by atoms with Crippen molar-refractivity contribution in [3.8, 4) is 0 Å². The van der Waals surface area contributed by atoms with E-state index in [9.17, 15) is 4.79 Å². The minimum atomic E-state index is -0.205. The lowest BCUT2D eigenvalue weighted by molar-refractivity contribution is 0.1000. The summed E-state index contributed by atoms with van der Waals surface area (Å²) in [6.45, 7) is 0. The minimum Gasteiger partial charge on any atom is -0.411 e. The highest BCUT2D eigenvalue weighted by Gasteiger charge is 2.08. The lowest BCUT2D eigenvalue weighted by atomic mass is 10.1. The molecule has 0 bridgehead atoms. The van der Waals surface area contributed by atoms with Gasteiger partial charge in [0.1, 0.15) is 5.71 Å². The summed E-state index contributed by atoms with van der Waals surface area (Å²) in [5.41, 5.74) is 0.524. The molecule has 5 heteroatoms. The SMILES string of the molecule is O=C(CC(C=NO)=NO)c1ccccc1. The third-order valence-electron chi connectivity index (χ3n) is 1.77. The summed E-state index contributed by atoms with van der Waals surface area (Å²) in [5, 5.41) is 22.2. The molecule has 0 saturated carbocycles. The van der Waals surface area contributed by atoms with E-state index >= 15 is 0 Å². The van der Waals surface area contributed by atoms with E-state index in [0.717, 1.165) is 6.21 Å². The zero-order chi connectivity index (χ0) is 11.1. The van der Waals surface area contributed by atoms with Gasteiger partial charge >= 0.3 is 0 Å². The molecule has 0 aromatic heterocycles. The molecule has 0 saturated heterocycles. The van der Waals surface area contributed by atoms with Crippen molar-refractivity contribution in [1.82, 2.24) is 0 Å². The predicted molar refractivity (Wildman–Crippen MR) is 54.9 cm³/mol. The summed E-state index contributed by atoms with van der Waals surface area (Å²) in [6.07, 6.45) is 0.811. The Hall–Kier alpha value is -2.17. The molecule has 0 heterocycles. The Morgan fingerprint density at radius 3 is 2.47 bits per heavy atom. The fourth-order valence-corrected chi connectivity index (χ4v) is 1.06. The largest absolute Gasteiger partial charge is 0.411 e. The van der Waals surface area contributed by atoms with Gasteiger partial charge in [0.25, 0.3) is 0 Å². The molecule has 1 aromatic carbocycles. The average molecular weight is 206 g/mol. The number of oxime groups is 2. The van der Waals surface area contributed by atoms with Crippen LogP contribution in [0.5, 0.6) is 0 Å². The lowest BCUT2D eigenvalue weighted by Crippen LogP contribution is -2.09. The van der Waals surface area contributed by atoms with Crippen LogP contribution in [-0.4, -0.2) is 28.1 Å². The summed E-state index contributed by atoms with van der Waals surface area (Å²) in [7, 11) is 0. The molecule has 0 spiro atoms. The second-order valence-electron chi connectivity index (χ2n) is 2.80. The number of hydrogen-bond acceptors (Lipinski definition) is 5. The molecule has 0 aliphatic carbocycles. The average Bonchev–Trinajstić information content (AvgIpc) is 2.29. The molecule has 0 atom stereocenters. The molecule has 0 unspecified atom stereocenters. The highest BCUT2D eigenvalue weighted by molar-refractivity contribution is 6.35. The first-order chi connectivity index (χ1) is 7.27. The fourth-order valence-electron chi connectivity index (χ4n) is 1.06. The van der Waals surface area contributed by atoms with Crippen LogP contribution in [0.3, 0.4) is 0 Å². The first kappa shape index (κ1) is 10.9. The number of ketones is 1. The number of hydrogen-bond donors (Lipinski definition) is 2. The van der Waals surface area contributed by atoms with Crippen LogP contribution in [0, 0.1) is 0 Å². The lowest BCUT2D eigenvalue weighted by Gasteiger charge is -1.98. The van der Waals surface area contributed by atoms with E-state index in [1.54, 1.807) is 30.3 Å². The zero-order valence-electron chi connectivity index (χ0n) is 7.87. The number of Topliss-reactive ketones (excluding diaryl/α,β-unsaturated/α-hetero) is 1. The Labute approximate surface area is 86.3 Å². The molecule has 1 rings (SSSR count). The van der Waals surface area contributed by atoms with Gasteiger partial charge in [-0.2, -0.15) is 0 Å². The molecule has 0 amide bonds. The quantitative estimate of drug-likeness (QED) is 0.339. The standard InChI is InChI=1S/C10H10N2O3/c13-10(6-9(12-15)7-11-14)8-4-2-1-3-5-8/h1-5,7,14-15H,6H2. The van der Waals surface area contributed by atoms with E-state index in [-0.39, 0.29) is 17.9 Å². The fraction of sp³-hybridized carbons (Fsp3) is 0.100. The maximum Gasteiger partial charge on any atom is 0.169 e. The van der Waals surface area contributed by atoms with Crippen LogP contribution in [0.1, 0.15) is 16.8 Å². The van der Waals surface area contributed by atoms with Crippen LogP contribution >= 0.6 is 0 Å². The molecule has 78 valence electrons. The van der Waals surface area contributed by atoms with Crippen molar-refractivity contribution < 1.29 is 15.2 Å². The molecule has 0 fully saturated rings. The summed E-state index contributed by atoms with van der Waals surface area (Å²) >= 11 is 0. The third-order valence-corrected chi connectivity index (χ3v) is 1.77. The topological polar surface area (TPSA) is 82.2 Å². The molecule has 0 aliphatic heterocycles. The van der Waals surface area contributed by atoms with Crippen LogP contribution in [0.2, 0.25) is 0 Å². The van der Waals surface area contributed by atoms with Crippen molar-refractivity contribution in [3.63, 3.8) is 0 Å².